The highest BCUT2D eigenvalue weighted by molar-refractivity contribution is 6.31. The van der Waals surface area contributed by atoms with Crippen molar-refractivity contribution in [3.63, 3.8) is 0 Å². The maximum atomic E-state index is 14.0. The average Bonchev–Trinajstić information content (AvgIpc) is 2.96. The molecule has 7 heteroatoms. The van der Waals surface area contributed by atoms with Gasteiger partial charge in [-0.05, 0) is 19.1 Å². The SMILES string of the molecule is Cc1ccc(-c2c(C(=O)O)nnn2Cc2c(F)cccc2Cl)cc1. The molecular formula is C17H13ClFN3O2. The maximum Gasteiger partial charge on any atom is 0.358 e. The summed E-state index contributed by atoms with van der Waals surface area (Å²) >= 11 is 6.05. The molecule has 3 aromatic rings. The molecule has 0 aliphatic carbocycles. The molecule has 1 aromatic heterocycles. The lowest BCUT2D eigenvalue weighted by atomic mass is 10.1. The molecule has 0 radical (unpaired) electrons. The number of carbonyl (C=O) groups is 1. The molecular weight excluding hydrogens is 333 g/mol. The van der Waals surface area contributed by atoms with Crippen molar-refractivity contribution in [2.75, 3.05) is 0 Å². The fraction of sp³-hybridized carbons (Fsp3) is 0.118. The van der Waals surface area contributed by atoms with E-state index in [1.807, 2.05) is 19.1 Å². The van der Waals surface area contributed by atoms with Crippen molar-refractivity contribution < 1.29 is 14.3 Å². The number of carboxylic acids is 1. The Morgan fingerprint density at radius 1 is 1.25 bits per heavy atom. The van der Waals surface area contributed by atoms with Crippen molar-refractivity contribution in [3.8, 4) is 11.3 Å². The first kappa shape index (κ1) is 16.1. The summed E-state index contributed by atoms with van der Waals surface area (Å²) in [5.41, 5.74) is 2.02. The van der Waals surface area contributed by atoms with E-state index in [0.717, 1.165) is 5.56 Å². The molecule has 1 N–H and O–H groups in total. The lowest BCUT2D eigenvalue weighted by Crippen LogP contribution is -2.08. The van der Waals surface area contributed by atoms with Gasteiger partial charge in [-0.1, -0.05) is 52.7 Å². The highest BCUT2D eigenvalue weighted by Gasteiger charge is 2.22. The number of rotatable bonds is 4. The minimum Gasteiger partial charge on any atom is -0.476 e. The van der Waals surface area contributed by atoms with Gasteiger partial charge in [0.05, 0.1) is 6.54 Å². The molecule has 0 spiro atoms. The number of nitrogens with zero attached hydrogens (tertiary/aromatic N) is 3. The Morgan fingerprint density at radius 2 is 1.96 bits per heavy atom. The van der Waals surface area contributed by atoms with Gasteiger partial charge in [0.25, 0.3) is 0 Å². The molecule has 3 rings (SSSR count). The van der Waals surface area contributed by atoms with Gasteiger partial charge in [-0.2, -0.15) is 0 Å². The minimum absolute atomic E-state index is 0.0189. The van der Waals surface area contributed by atoms with Gasteiger partial charge < -0.3 is 5.11 Å². The summed E-state index contributed by atoms with van der Waals surface area (Å²) in [6.07, 6.45) is 0. The summed E-state index contributed by atoms with van der Waals surface area (Å²) in [6, 6.07) is 11.6. The highest BCUT2D eigenvalue weighted by Crippen LogP contribution is 2.26. The smallest absolute Gasteiger partial charge is 0.358 e. The first-order chi connectivity index (χ1) is 11.5. The lowest BCUT2D eigenvalue weighted by Gasteiger charge is -2.10. The largest absolute Gasteiger partial charge is 0.476 e. The van der Waals surface area contributed by atoms with Gasteiger partial charge in [-0.3, -0.25) is 0 Å². The zero-order valence-corrected chi connectivity index (χ0v) is 13.5. The van der Waals surface area contributed by atoms with E-state index >= 15 is 0 Å². The molecule has 0 atom stereocenters. The molecule has 0 saturated carbocycles. The molecule has 0 aliphatic rings. The van der Waals surface area contributed by atoms with E-state index in [9.17, 15) is 14.3 Å². The Bertz CT molecular complexity index is 886. The molecule has 0 amide bonds. The monoisotopic (exact) mass is 345 g/mol. The molecule has 2 aromatic carbocycles. The van der Waals surface area contributed by atoms with Crippen molar-refractivity contribution in [1.29, 1.82) is 0 Å². The van der Waals surface area contributed by atoms with Gasteiger partial charge >= 0.3 is 5.97 Å². The molecule has 0 bridgehead atoms. The zero-order valence-electron chi connectivity index (χ0n) is 12.7. The number of hydrogen-bond donors (Lipinski definition) is 1. The van der Waals surface area contributed by atoms with Gasteiger partial charge in [-0.15, -0.1) is 5.10 Å². The van der Waals surface area contributed by atoms with Crippen molar-refractivity contribution >= 4 is 17.6 Å². The van der Waals surface area contributed by atoms with Gasteiger partial charge in [0.2, 0.25) is 0 Å². The molecule has 122 valence electrons. The first-order valence-electron chi connectivity index (χ1n) is 7.14. The highest BCUT2D eigenvalue weighted by atomic mass is 35.5. The summed E-state index contributed by atoms with van der Waals surface area (Å²) in [5.74, 6) is -1.68. The normalized spacial score (nSPS) is 10.8. The number of aryl methyl sites for hydroxylation is 1. The topological polar surface area (TPSA) is 68.0 Å². The number of aromatic carboxylic acids is 1. The van der Waals surface area contributed by atoms with Crippen LogP contribution in [-0.4, -0.2) is 26.1 Å². The van der Waals surface area contributed by atoms with Crippen LogP contribution in [0.1, 0.15) is 21.6 Å². The Balaban J connectivity index is 2.12. The quantitative estimate of drug-likeness (QED) is 0.781. The summed E-state index contributed by atoms with van der Waals surface area (Å²) in [4.78, 5) is 11.4. The van der Waals surface area contributed by atoms with Gasteiger partial charge in [0.15, 0.2) is 5.69 Å². The van der Waals surface area contributed by atoms with Gasteiger partial charge in [-0.25, -0.2) is 13.9 Å². The van der Waals surface area contributed by atoms with Crippen molar-refractivity contribution in [2.24, 2.45) is 0 Å². The lowest BCUT2D eigenvalue weighted by molar-refractivity contribution is 0.0691. The van der Waals surface area contributed by atoms with E-state index in [0.29, 0.717) is 11.3 Å². The summed E-state index contributed by atoms with van der Waals surface area (Å²) in [6.45, 7) is 1.91. The third kappa shape index (κ3) is 3.00. The third-order valence-electron chi connectivity index (χ3n) is 3.63. The van der Waals surface area contributed by atoms with E-state index in [2.05, 4.69) is 10.3 Å². The van der Waals surface area contributed by atoms with E-state index in [-0.39, 0.29) is 22.8 Å². The van der Waals surface area contributed by atoms with E-state index in [1.54, 1.807) is 18.2 Å². The minimum atomic E-state index is -1.20. The van der Waals surface area contributed by atoms with Crippen LogP contribution in [0.25, 0.3) is 11.3 Å². The zero-order chi connectivity index (χ0) is 17.3. The summed E-state index contributed by atoms with van der Waals surface area (Å²) in [7, 11) is 0. The van der Waals surface area contributed by atoms with Crippen LogP contribution in [0.5, 0.6) is 0 Å². The molecule has 5 nitrogen and oxygen atoms in total. The average molecular weight is 346 g/mol. The second-order valence-corrected chi connectivity index (χ2v) is 5.72. The number of benzene rings is 2. The Morgan fingerprint density at radius 3 is 2.58 bits per heavy atom. The molecule has 1 heterocycles. The van der Waals surface area contributed by atoms with Crippen LogP contribution in [0, 0.1) is 12.7 Å². The number of halogens is 2. The molecule has 0 fully saturated rings. The Labute approximate surface area is 142 Å². The summed E-state index contributed by atoms with van der Waals surface area (Å²) < 4.78 is 15.4. The molecule has 0 aliphatic heterocycles. The summed E-state index contributed by atoms with van der Waals surface area (Å²) in [5, 5.41) is 17.2. The van der Waals surface area contributed by atoms with Crippen LogP contribution < -0.4 is 0 Å². The third-order valence-corrected chi connectivity index (χ3v) is 3.99. The van der Waals surface area contributed by atoms with Crippen molar-refractivity contribution in [2.45, 2.75) is 13.5 Å². The Kier molecular flexibility index (Phi) is 4.31. The van der Waals surface area contributed by atoms with Gasteiger partial charge in [0, 0.05) is 16.1 Å². The van der Waals surface area contributed by atoms with E-state index in [1.165, 1.54) is 16.8 Å². The van der Waals surface area contributed by atoms with E-state index < -0.39 is 11.8 Å². The van der Waals surface area contributed by atoms with E-state index in [4.69, 9.17) is 11.6 Å². The second kappa shape index (κ2) is 6.41. The second-order valence-electron chi connectivity index (χ2n) is 5.32. The fourth-order valence-electron chi connectivity index (χ4n) is 2.40. The predicted octanol–water partition coefficient (Wildman–Crippen LogP) is 3.79. The number of hydrogen-bond acceptors (Lipinski definition) is 3. The van der Waals surface area contributed by atoms with Crippen LogP contribution >= 0.6 is 11.6 Å². The number of aromatic nitrogens is 3. The van der Waals surface area contributed by atoms with Crippen LogP contribution in [-0.2, 0) is 6.54 Å². The maximum absolute atomic E-state index is 14.0. The van der Waals surface area contributed by atoms with Crippen LogP contribution in [0.15, 0.2) is 42.5 Å². The van der Waals surface area contributed by atoms with Crippen molar-refractivity contribution in [1.82, 2.24) is 15.0 Å². The van der Waals surface area contributed by atoms with Crippen LogP contribution in [0.4, 0.5) is 4.39 Å². The number of carboxylic acid groups (broad SMARTS) is 1. The van der Waals surface area contributed by atoms with Crippen LogP contribution in [0.2, 0.25) is 5.02 Å². The first-order valence-corrected chi connectivity index (χ1v) is 7.52. The molecule has 0 unspecified atom stereocenters. The van der Waals surface area contributed by atoms with Gasteiger partial charge in [0.1, 0.15) is 11.5 Å². The van der Waals surface area contributed by atoms with Crippen LogP contribution in [0.3, 0.4) is 0 Å². The Hall–Kier alpha value is -2.73. The van der Waals surface area contributed by atoms with Crippen molar-refractivity contribution in [3.05, 3.63) is 70.1 Å². The predicted molar refractivity (Wildman–Crippen MR) is 87.7 cm³/mol. The molecule has 0 saturated heterocycles. The molecule has 24 heavy (non-hydrogen) atoms. The standard InChI is InChI=1S/C17H13ClFN3O2/c1-10-5-7-11(8-6-10)16-15(17(23)24)20-21-22(16)9-12-13(18)3-2-4-14(12)19/h2-8H,9H2,1H3,(H,23,24). The fourth-order valence-corrected chi connectivity index (χ4v) is 2.62.